The second-order valence-corrected chi connectivity index (χ2v) is 6.61. The number of likely N-dealkylation sites (tertiary alicyclic amines) is 1. The van der Waals surface area contributed by atoms with Crippen LogP contribution in [-0.2, 0) is 4.79 Å². The Balaban J connectivity index is 1.36. The van der Waals surface area contributed by atoms with Crippen molar-refractivity contribution in [3.05, 3.63) is 24.3 Å². The predicted octanol–water partition coefficient (Wildman–Crippen LogP) is 0.922. The first-order chi connectivity index (χ1) is 11.6. The van der Waals surface area contributed by atoms with Crippen molar-refractivity contribution in [2.45, 2.75) is 12.5 Å². The maximum Gasteiger partial charge on any atom is 0.224 e. The van der Waals surface area contributed by atoms with E-state index in [1.54, 1.807) is 7.11 Å². The molecule has 0 spiro atoms. The molecule has 3 rings (SSSR count). The van der Waals surface area contributed by atoms with Crippen LogP contribution in [-0.4, -0.2) is 86.7 Å². The third-order valence-corrected chi connectivity index (χ3v) is 4.78. The first kappa shape index (κ1) is 17.0. The maximum absolute atomic E-state index is 12.2. The summed E-state index contributed by atoms with van der Waals surface area (Å²) < 4.78 is 11.1. The van der Waals surface area contributed by atoms with Crippen LogP contribution in [0.25, 0.3) is 0 Å². The Bertz CT molecular complexity index is 552. The smallest absolute Gasteiger partial charge is 0.224 e. The number of methoxy groups -OCH3 is 1. The van der Waals surface area contributed by atoms with E-state index in [0.29, 0.717) is 19.5 Å². The van der Waals surface area contributed by atoms with Gasteiger partial charge >= 0.3 is 0 Å². The van der Waals surface area contributed by atoms with Gasteiger partial charge in [-0.1, -0.05) is 6.07 Å². The lowest BCUT2D eigenvalue weighted by molar-refractivity contribution is -0.140. The third kappa shape index (κ3) is 4.39. The number of amides is 1. The first-order valence-electron chi connectivity index (χ1n) is 8.63. The van der Waals surface area contributed by atoms with Crippen LogP contribution in [0.5, 0.6) is 11.5 Å². The summed E-state index contributed by atoms with van der Waals surface area (Å²) in [5.74, 6) is 1.82. The van der Waals surface area contributed by atoms with Crippen LogP contribution >= 0.6 is 0 Å². The molecule has 24 heavy (non-hydrogen) atoms. The summed E-state index contributed by atoms with van der Waals surface area (Å²) in [6.45, 7) is 6.53. The molecular weight excluding hydrogens is 306 g/mol. The number of rotatable bonds is 6. The van der Waals surface area contributed by atoms with Crippen LogP contribution in [0.15, 0.2) is 24.3 Å². The zero-order chi connectivity index (χ0) is 16.9. The molecule has 0 atom stereocenters. The summed E-state index contributed by atoms with van der Waals surface area (Å²) in [7, 11) is 3.79. The minimum Gasteiger partial charge on any atom is -0.497 e. The second kappa shape index (κ2) is 7.85. The molecule has 0 saturated carbocycles. The van der Waals surface area contributed by atoms with Crippen LogP contribution in [0.3, 0.4) is 0 Å². The molecule has 0 aromatic heterocycles. The number of likely N-dealkylation sites (N-methyl/N-ethyl adjacent to an activating group) is 1. The maximum atomic E-state index is 12.2. The molecule has 1 amide bonds. The summed E-state index contributed by atoms with van der Waals surface area (Å²) in [5.41, 5.74) is 0. The molecule has 0 aliphatic carbocycles. The number of piperazine rings is 1. The fourth-order valence-electron chi connectivity index (χ4n) is 3.07. The van der Waals surface area contributed by atoms with Gasteiger partial charge in [-0.15, -0.1) is 0 Å². The van der Waals surface area contributed by atoms with Crippen molar-refractivity contribution in [3.8, 4) is 11.5 Å². The number of benzene rings is 1. The lowest BCUT2D eigenvalue weighted by Crippen LogP contribution is -2.56. The van der Waals surface area contributed by atoms with Crippen molar-refractivity contribution < 1.29 is 14.3 Å². The predicted molar refractivity (Wildman–Crippen MR) is 92.5 cm³/mol. The van der Waals surface area contributed by atoms with E-state index in [9.17, 15) is 4.79 Å². The molecule has 132 valence electrons. The zero-order valence-electron chi connectivity index (χ0n) is 14.6. The Morgan fingerprint density at radius 3 is 2.58 bits per heavy atom. The van der Waals surface area contributed by atoms with Crippen LogP contribution in [0.2, 0.25) is 0 Å². The highest BCUT2D eigenvalue weighted by atomic mass is 16.5. The topological polar surface area (TPSA) is 45.3 Å². The molecule has 6 heteroatoms. The molecule has 1 aromatic rings. The van der Waals surface area contributed by atoms with E-state index in [1.807, 2.05) is 29.2 Å². The SMILES string of the molecule is COc1cccc(OC2CN(C(=O)CCN3CCN(C)CC3)C2)c1. The van der Waals surface area contributed by atoms with Gasteiger partial charge in [0.2, 0.25) is 5.91 Å². The van der Waals surface area contributed by atoms with E-state index >= 15 is 0 Å². The fourth-order valence-corrected chi connectivity index (χ4v) is 3.07. The molecule has 0 bridgehead atoms. The molecular formula is C18H27N3O3. The summed E-state index contributed by atoms with van der Waals surface area (Å²) in [4.78, 5) is 18.8. The third-order valence-electron chi connectivity index (χ3n) is 4.78. The number of carbonyl (C=O) groups excluding carboxylic acids is 1. The molecule has 2 heterocycles. The minimum atomic E-state index is 0.0877. The number of nitrogens with zero attached hydrogens (tertiary/aromatic N) is 3. The molecule has 6 nitrogen and oxygen atoms in total. The quantitative estimate of drug-likeness (QED) is 0.775. The van der Waals surface area contributed by atoms with E-state index in [2.05, 4.69) is 16.8 Å². The lowest BCUT2D eigenvalue weighted by Gasteiger charge is -2.39. The van der Waals surface area contributed by atoms with Gasteiger partial charge in [0, 0.05) is 45.2 Å². The molecule has 0 N–H and O–H groups in total. The number of ether oxygens (including phenoxy) is 2. The summed E-state index contributed by atoms with van der Waals surface area (Å²) in [5, 5.41) is 0. The van der Waals surface area contributed by atoms with Crippen LogP contribution in [0, 0.1) is 0 Å². The van der Waals surface area contributed by atoms with Gasteiger partial charge in [-0.25, -0.2) is 0 Å². The molecule has 2 aliphatic rings. The van der Waals surface area contributed by atoms with Crippen molar-refractivity contribution in [2.24, 2.45) is 0 Å². The van der Waals surface area contributed by atoms with Gasteiger partial charge in [-0.3, -0.25) is 4.79 Å². The van der Waals surface area contributed by atoms with Crippen LogP contribution in [0.1, 0.15) is 6.42 Å². The fraction of sp³-hybridized carbons (Fsp3) is 0.611. The highest BCUT2D eigenvalue weighted by Crippen LogP contribution is 2.23. The Kier molecular flexibility index (Phi) is 5.58. The molecule has 2 fully saturated rings. The molecule has 0 radical (unpaired) electrons. The highest BCUT2D eigenvalue weighted by Gasteiger charge is 2.32. The van der Waals surface area contributed by atoms with Crippen molar-refractivity contribution in [3.63, 3.8) is 0 Å². The Morgan fingerprint density at radius 1 is 1.17 bits per heavy atom. The molecule has 2 aliphatic heterocycles. The van der Waals surface area contributed by atoms with Gasteiger partial charge in [-0.2, -0.15) is 0 Å². The second-order valence-electron chi connectivity index (χ2n) is 6.61. The van der Waals surface area contributed by atoms with Crippen molar-refractivity contribution >= 4 is 5.91 Å². The Morgan fingerprint density at radius 2 is 1.88 bits per heavy atom. The average Bonchev–Trinajstić information content (AvgIpc) is 2.57. The normalized spacial score (nSPS) is 19.8. The van der Waals surface area contributed by atoms with Crippen molar-refractivity contribution in [1.82, 2.24) is 14.7 Å². The van der Waals surface area contributed by atoms with Gasteiger partial charge in [0.25, 0.3) is 0 Å². The average molecular weight is 333 g/mol. The Hall–Kier alpha value is -1.79. The van der Waals surface area contributed by atoms with Gasteiger partial charge in [-0.05, 0) is 19.2 Å². The number of hydrogen-bond acceptors (Lipinski definition) is 5. The summed E-state index contributed by atoms with van der Waals surface area (Å²) >= 11 is 0. The highest BCUT2D eigenvalue weighted by molar-refractivity contribution is 5.77. The lowest BCUT2D eigenvalue weighted by atomic mass is 10.1. The largest absolute Gasteiger partial charge is 0.497 e. The van der Waals surface area contributed by atoms with E-state index in [4.69, 9.17) is 9.47 Å². The van der Waals surface area contributed by atoms with Gasteiger partial charge in [0.05, 0.1) is 20.2 Å². The van der Waals surface area contributed by atoms with Gasteiger partial charge in [0.1, 0.15) is 17.6 Å². The van der Waals surface area contributed by atoms with Gasteiger partial charge < -0.3 is 24.2 Å². The summed E-state index contributed by atoms with van der Waals surface area (Å²) in [6.07, 6.45) is 0.694. The Labute approximate surface area is 143 Å². The number of carbonyl (C=O) groups is 1. The standard InChI is InChI=1S/C18H27N3O3/c1-19-8-10-20(11-9-19)7-6-18(22)21-13-17(14-21)24-16-5-3-4-15(12-16)23-2/h3-5,12,17H,6-11,13-14H2,1-2H3. The van der Waals surface area contributed by atoms with Crippen molar-refractivity contribution in [1.29, 1.82) is 0 Å². The van der Waals surface area contributed by atoms with E-state index in [1.165, 1.54) is 0 Å². The monoisotopic (exact) mass is 333 g/mol. The molecule has 0 unspecified atom stereocenters. The summed E-state index contributed by atoms with van der Waals surface area (Å²) in [6, 6.07) is 7.59. The van der Waals surface area contributed by atoms with E-state index in [0.717, 1.165) is 44.2 Å². The van der Waals surface area contributed by atoms with E-state index < -0.39 is 0 Å². The van der Waals surface area contributed by atoms with Gasteiger partial charge in [0.15, 0.2) is 0 Å². The molecule has 1 aromatic carbocycles. The number of hydrogen-bond donors (Lipinski definition) is 0. The van der Waals surface area contributed by atoms with Crippen molar-refractivity contribution in [2.75, 3.05) is 60.0 Å². The first-order valence-corrected chi connectivity index (χ1v) is 8.63. The zero-order valence-corrected chi connectivity index (χ0v) is 14.6. The van der Waals surface area contributed by atoms with Crippen LogP contribution in [0.4, 0.5) is 0 Å². The van der Waals surface area contributed by atoms with Crippen LogP contribution < -0.4 is 9.47 Å². The van der Waals surface area contributed by atoms with E-state index in [-0.39, 0.29) is 12.0 Å². The minimum absolute atomic E-state index is 0.0877. The molecule has 2 saturated heterocycles.